The Kier molecular flexibility index (Phi) is 18.8. The SMILES string of the molecule is CCCCC(OCC)(OCC)OC(OCc1ccccc1)OC(OCc1ccccc1)OC(CCCC)(OCC)OCC. The van der Waals surface area contributed by atoms with Crippen LogP contribution >= 0.6 is 0 Å². The number of hydrogen-bond acceptors (Lipinski definition) is 9. The zero-order valence-corrected chi connectivity index (χ0v) is 27.1. The average Bonchev–Trinajstić information content (AvgIpc) is 3.02. The van der Waals surface area contributed by atoms with Gasteiger partial charge in [-0.25, -0.2) is 0 Å². The summed E-state index contributed by atoms with van der Waals surface area (Å²) in [5.74, 6) is -2.77. The molecule has 2 aromatic carbocycles. The lowest BCUT2D eigenvalue weighted by molar-refractivity contribution is -0.519. The Bertz CT molecular complexity index is 840. The van der Waals surface area contributed by atoms with Crippen molar-refractivity contribution in [3.63, 3.8) is 0 Å². The molecule has 0 aliphatic carbocycles. The highest BCUT2D eigenvalue weighted by Crippen LogP contribution is 2.30. The zero-order valence-electron chi connectivity index (χ0n) is 27.1. The van der Waals surface area contributed by atoms with Crippen LogP contribution in [0.15, 0.2) is 60.7 Å². The van der Waals surface area contributed by atoms with Crippen LogP contribution in [0.4, 0.5) is 0 Å². The largest absolute Gasteiger partial charge is 0.328 e. The van der Waals surface area contributed by atoms with Gasteiger partial charge >= 0.3 is 0 Å². The smallest absolute Gasteiger partial charge is 0.286 e. The fourth-order valence-electron chi connectivity index (χ4n) is 4.36. The molecule has 43 heavy (non-hydrogen) atoms. The minimum Gasteiger partial charge on any atom is -0.328 e. The third kappa shape index (κ3) is 14.2. The monoisotopic (exact) mass is 606 g/mol. The number of hydrogen-bond donors (Lipinski definition) is 0. The maximum atomic E-state index is 6.41. The Hall–Kier alpha value is -1.92. The molecule has 0 aliphatic rings. The number of rotatable bonds is 26. The zero-order chi connectivity index (χ0) is 31.2. The van der Waals surface area contributed by atoms with Crippen LogP contribution in [0.2, 0.25) is 0 Å². The molecule has 9 nitrogen and oxygen atoms in total. The summed E-state index contributed by atoms with van der Waals surface area (Å²) in [6.45, 7) is 11.1. The van der Waals surface area contributed by atoms with E-state index in [-0.39, 0.29) is 13.2 Å². The minimum absolute atomic E-state index is 0.205. The third-order valence-corrected chi connectivity index (χ3v) is 6.36. The molecule has 0 N–H and O–H groups in total. The Labute approximate surface area is 259 Å². The molecule has 2 atom stereocenters. The second kappa shape index (κ2) is 21.7. The first-order chi connectivity index (χ1) is 21.0. The van der Waals surface area contributed by atoms with Crippen LogP contribution in [-0.4, -0.2) is 51.3 Å². The van der Waals surface area contributed by atoms with Gasteiger partial charge in [-0.15, -0.1) is 0 Å². The topological polar surface area (TPSA) is 83.1 Å². The van der Waals surface area contributed by atoms with Crippen LogP contribution in [0, 0.1) is 0 Å². The fraction of sp³-hybridized carbons (Fsp3) is 0.647. The van der Waals surface area contributed by atoms with Gasteiger partial charge in [-0.2, -0.15) is 0 Å². The molecule has 0 radical (unpaired) electrons. The minimum atomic E-state index is -1.38. The van der Waals surface area contributed by atoms with Gasteiger partial charge in [-0.3, -0.25) is 14.2 Å². The van der Waals surface area contributed by atoms with Crippen molar-refractivity contribution in [2.45, 2.75) is 118 Å². The predicted molar refractivity (Wildman–Crippen MR) is 164 cm³/mol. The molecule has 0 amide bonds. The van der Waals surface area contributed by atoms with E-state index in [1.165, 1.54) is 0 Å². The van der Waals surface area contributed by atoms with Crippen LogP contribution < -0.4 is 0 Å². The molecular formula is C34H54O9. The number of ether oxygens (including phenoxy) is 9. The van der Waals surface area contributed by atoms with Crippen molar-refractivity contribution in [1.82, 2.24) is 0 Å². The van der Waals surface area contributed by atoms with Gasteiger partial charge in [0.15, 0.2) is 0 Å². The van der Waals surface area contributed by atoms with Crippen molar-refractivity contribution in [3.8, 4) is 0 Å². The lowest BCUT2D eigenvalue weighted by Crippen LogP contribution is -2.48. The van der Waals surface area contributed by atoms with E-state index in [1.54, 1.807) is 0 Å². The highest BCUT2D eigenvalue weighted by Gasteiger charge is 2.41. The first-order valence-corrected chi connectivity index (χ1v) is 15.8. The van der Waals surface area contributed by atoms with Crippen molar-refractivity contribution in [2.75, 3.05) is 26.4 Å². The van der Waals surface area contributed by atoms with E-state index >= 15 is 0 Å². The Balaban J connectivity index is 2.43. The van der Waals surface area contributed by atoms with E-state index in [2.05, 4.69) is 13.8 Å². The van der Waals surface area contributed by atoms with E-state index in [0.29, 0.717) is 39.3 Å². The molecule has 0 aliphatic heterocycles. The molecule has 0 saturated heterocycles. The summed E-state index contributed by atoms with van der Waals surface area (Å²) in [6.07, 6.45) is 4.44. The second-order valence-electron chi connectivity index (χ2n) is 9.85. The maximum absolute atomic E-state index is 6.41. The van der Waals surface area contributed by atoms with Gasteiger partial charge in [0.2, 0.25) is 0 Å². The van der Waals surface area contributed by atoms with Gasteiger partial charge in [-0.1, -0.05) is 87.4 Å². The highest BCUT2D eigenvalue weighted by atomic mass is 17.0. The van der Waals surface area contributed by atoms with Crippen molar-refractivity contribution < 1.29 is 42.6 Å². The van der Waals surface area contributed by atoms with Gasteiger partial charge in [0.25, 0.3) is 24.9 Å². The lowest BCUT2D eigenvalue weighted by atomic mass is 10.2. The third-order valence-electron chi connectivity index (χ3n) is 6.36. The summed E-state index contributed by atoms with van der Waals surface area (Å²) in [4.78, 5) is 0. The van der Waals surface area contributed by atoms with Crippen molar-refractivity contribution in [3.05, 3.63) is 71.8 Å². The quantitative estimate of drug-likeness (QED) is 0.0994. The van der Waals surface area contributed by atoms with E-state index in [1.807, 2.05) is 88.4 Å². The molecule has 244 valence electrons. The summed E-state index contributed by atoms with van der Waals surface area (Å²) in [7, 11) is 0. The summed E-state index contributed by atoms with van der Waals surface area (Å²) < 4.78 is 55.8. The molecule has 2 unspecified atom stereocenters. The van der Waals surface area contributed by atoms with Crippen LogP contribution in [0.3, 0.4) is 0 Å². The molecule has 0 spiro atoms. The van der Waals surface area contributed by atoms with Crippen molar-refractivity contribution >= 4 is 0 Å². The summed E-state index contributed by atoms with van der Waals surface area (Å²) in [6, 6.07) is 19.5. The van der Waals surface area contributed by atoms with Crippen LogP contribution in [0.25, 0.3) is 0 Å². The Morgan fingerprint density at radius 1 is 0.512 bits per heavy atom. The van der Waals surface area contributed by atoms with Crippen LogP contribution in [0.1, 0.15) is 91.2 Å². The molecule has 0 saturated carbocycles. The van der Waals surface area contributed by atoms with E-state index in [4.69, 9.17) is 42.6 Å². The number of unbranched alkanes of at least 4 members (excludes halogenated alkanes) is 2. The lowest BCUT2D eigenvalue weighted by Gasteiger charge is -2.38. The average molecular weight is 607 g/mol. The fourth-order valence-corrected chi connectivity index (χ4v) is 4.36. The van der Waals surface area contributed by atoms with Crippen LogP contribution in [0.5, 0.6) is 0 Å². The first-order valence-electron chi connectivity index (χ1n) is 15.8. The van der Waals surface area contributed by atoms with E-state index < -0.39 is 24.9 Å². The molecule has 0 heterocycles. The Morgan fingerprint density at radius 3 is 1.16 bits per heavy atom. The summed E-state index contributed by atoms with van der Waals surface area (Å²) in [5, 5.41) is 0. The first kappa shape index (κ1) is 37.3. The molecule has 2 rings (SSSR count). The van der Waals surface area contributed by atoms with Crippen LogP contribution in [-0.2, 0) is 55.8 Å². The van der Waals surface area contributed by atoms with Gasteiger partial charge in [0, 0.05) is 39.3 Å². The standard InChI is InChI=1S/C34H54O9/c1-7-13-25-33(37-9-3,38-10-4)42-31(35-27-29-21-17-15-18-22-29)41-32(36-28-30-23-19-16-20-24-30)43-34(39-11-5,40-12-6)26-14-8-2/h15-24,31-32H,7-14,25-28H2,1-6H3. The van der Waals surface area contributed by atoms with Gasteiger partial charge in [0.1, 0.15) is 0 Å². The van der Waals surface area contributed by atoms with E-state index in [0.717, 1.165) is 36.8 Å². The molecule has 0 fully saturated rings. The van der Waals surface area contributed by atoms with Crippen molar-refractivity contribution in [1.29, 1.82) is 0 Å². The van der Waals surface area contributed by atoms with Crippen molar-refractivity contribution in [2.24, 2.45) is 0 Å². The maximum Gasteiger partial charge on any atom is 0.286 e. The second-order valence-corrected chi connectivity index (χ2v) is 9.85. The highest BCUT2D eigenvalue weighted by molar-refractivity contribution is 5.14. The Morgan fingerprint density at radius 2 is 0.860 bits per heavy atom. The molecule has 9 heteroatoms. The summed E-state index contributed by atoms with van der Waals surface area (Å²) in [5.41, 5.74) is 1.88. The molecule has 2 aromatic rings. The molecule has 0 bridgehead atoms. The number of benzene rings is 2. The normalized spacial score (nSPS) is 13.7. The molecule has 0 aromatic heterocycles. The van der Waals surface area contributed by atoms with E-state index in [9.17, 15) is 0 Å². The molecular weight excluding hydrogens is 552 g/mol. The van der Waals surface area contributed by atoms with Gasteiger partial charge in [-0.05, 0) is 51.7 Å². The summed E-state index contributed by atoms with van der Waals surface area (Å²) >= 11 is 0. The predicted octanol–water partition coefficient (Wildman–Crippen LogP) is 7.87. The van der Waals surface area contributed by atoms with Gasteiger partial charge in [0.05, 0.1) is 13.2 Å². The van der Waals surface area contributed by atoms with Gasteiger partial charge < -0.3 is 28.4 Å².